The van der Waals surface area contributed by atoms with E-state index in [0.29, 0.717) is 0 Å². The number of carbonyl (C=O) groups excluding carboxylic acids is 1. The van der Waals surface area contributed by atoms with E-state index in [9.17, 15) is 4.79 Å². The third-order valence-corrected chi connectivity index (χ3v) is 2.85. The summed E-state index contributed by atoms with van der Waals surface area (Å²) in [5.74, 6) is 0.801. The standard InChI is InChI=1S/C16H18N2O2/c1-2-13-8-6-7-11-15(13)20-12-17-16(19)18-14-9-4-3-5-10-14/h3-11H,2,12H2,1H3,(H2,17,18,19). The van der Waals surface area contributed by atoms with Gasteiger partial charge in [-0.15, -0.1) is 0 Å². The Morgan fingerprint density at radius 2 is 1.75 bits per heavy atom. The molecule has 0 saturated carbocycles. The van der Waals surface area contributed by atoms with E-state index in [0.717, 1.165) is 23.4 Å². The van der Waals surface area contributed by atoms with Crippen molar-refractivity contribution in [2.45, 2.75) is 13.3 Å². The molecule has 104 valence electrons. The van der Waals surface area contributed by atoms with Crippen LogP contribution in [-0.2, 0) is 6.42 Å². The van der Waals surface area contributed by atoms with Crippen LogP contribution in [-0.4, -0.2) is 12.8 Å². The largest absolute Gasteiger partial charge is 0.473 e. The number of para-hydroxylation sites is 2. The Labute approximate surface area is 118 Å². The fraction of sp³-hybridized carbons (Fsp3) is 0.188. The highest BCUT2D eigenvalue weighted by molar-refractivity contribution is 5.89. The number of carbonyl (C=O) groups is 1. The fourth-order valence-corrected chi connectivity index (χ4v) is 1.81. The van der Waals surface area contributed by atoms with E-state index < -0.39 is 0 Å². The van der Waals surface area contributed by atoms with Crippen molar-refractivity contribution in [2.75, 3.05) is 12.0 Å². The first-order chi connectivity index (χ1) is 9.79. The Bertz CT molecular complexity index is 555. The summed E-state index contributed by atoms with van der Waals surface area (Å²) in [5, 5.41) is 5.39. The molecule has 0 saturated heterocycles. The highest BCUT2D eigenvalue weighted by Crippen LogP contribution is 2.17. The average Bonchev–Trinajstić information content (AvgIpc) is 2.49. The number of aryl methyl sites for hydroxylation is 1. The summed E-state index contributed by atoms with van der Waals surface area (Å²) in [6.07, 6.45) is 0.895. The van der Waals surface area contributed by atoms with E-state index in [-0.39, 0.29) is 12.8 Å². The molecule has 2 aromatic rings. The van der Waals surface area contributed by atoms with E-state index >= 15 is 0 Å². The first-order valence-electron chi connectivity index (χ1n) is 6.60. The summed E-state index contributed by atoms with van der Waals surface area (Å²) < 4.78 is 5.56. The molecule has 0 aliphatic carbocycles. The molecule has 0 spiro atoms. The second-order valence-electron chi connectivity index (χ2n) is 4.25. The number of hydrogen-bond donors (Lipinski definition) is 2. The quantitative estimate of drug-likeness (QED) is 0.818. The number of hydrogen-bond acceptors (Lipinski definition) is 2. The highest BCUT2D eigenvalue weighted by atomic mass is 16.5. The van der Waals surface area contributed by atoms with Crippen molar-refractivity contribution in [3.63, 3.8) is 0 Å². The molecule has 0 unspecified atom stereocenters. The summed E-state index contributed by atoms with van der Waals surface area (Å²) in [7, 11) is 0. The molecule has 4 nitrogen and oxygen atoms in total. The minimum Gasteiger partial charge on any atom is -0.473 e. The number of rotatable bonds is 5. The molecule has 20 heavy (non-hydrogen) atoms. The summed E-state index contributed by atoms with van der Waals surface area (Å²) in [6, 6.07) is 16.8. The van der Waals surface area contributed by atoms with Gasteiger partial charge in [-0.2, -0.15) is 0 Å². The van der Waals surface area contributed by atoms with Crippen LogP contribution in [0.2, 0.25) is 0 Å². The second-order valence-corrected chi connectivity index (χ2v) is 4.25. The molecule has 0 radical (unpaired) electrons. The number of nitrogens with one attached hydrogen (secondary N) is 2. The van der Waals surface area contributed by atoms with Crippen molar-refractivity contribution in [3.8, 4) is 5.75 Å². The Hall–Kier alpha value is -2.49. The fourth-order valence-electron chi connectivity index (χ4n) is 1.81. The monoisotopic (exact) mass is 270 g/mol. The maximum atomic E-state index is 11.7. The minimum atomic E-state index is -0.287. The molecule has 0 aliphatic heterocycles. The van der Waals surface area contributed by atoms with E-state index in [2.05, 4.69) is 17.6 Å². The van der Waals surface area contributed by atoms with Gasteiger partial charge in [-0.05, 0) is 30.2 Å². The average molecular weight is 270 g/mol. The molecule has 4 heteroatoms. The summed E-state index contributed by atoms with van der Waals surface area (Å²) >= 11 is 0. The lowest BCUT2D eigenvalue weighted by molar-refractivity contribution is 0.234. The van der Waals surface area contributed by atoms with Crippen LogP contribution in [0.1, 0.15) is 12.5 Å². The van der Waals surface area contributed by atoms with Gasteiger partial charge in [-0.3, -0.25) is 0 Å². The zero-order valence-corrected chi connectivity index (χ0v) is 11.4. The Morgan fingerprint density at radius 3 is 2.50 bits per heavy atom. The molecule has 0 aliphatic rings. The van der Waals surface area contributed by atoms with Crippen molar-refractivity contribution in [2.24, 2.45) is 0 Å². The Balaban J connectivity index is 1.79. The van der Waals surface area contributed by atoms with E-state index in [4.69, 9.17) is 4.74 Å². The van der Waals surface area contributed by atoms with Crippen molar-refractivity contribution in [3.05, 3.63) is 60.2 Å². The van der Waals surface area contributed by atoms with Crippen molar-refractivity contribution in [1.29, 1.82) is 0 Å². The van der Waals surface area contributed by atoms with Gasteiger partial charge in [0.2, 0.25) is 0 Å². The molecular formula is C16H18N2O2. The third kappa shape index (κ3) is 4.02. The molecule has 0 fully saturated rings. The first-order valence-corrected chi connectivity index (χ1v) is 6.60. The van der Waals surface area contributed by atoms with Crippen LogP contribution in [0.4, 0.5) is 10.5 Å². The number of amides is 2. The van der Waals surface area contributed by atoms with Gasteiger partial charge in [0.25, 0.3) is 0 Å². The smallest absolute Gasteiger partial charge is 0.321 e. The lowest BCUT2D eigenvalue weighted by atomic mass is 10.1. The van der Waals surface area contributed by atoms with Crippen molar-refractivity contribution in [1.82, 2.24) is 5.32 Å². The van der Waals surface area contributed by atoms with Gasteiger partial charge in [0, 0.05) is 5.69 Å². The molecule has 2 amide bonds. The predicted octanol–water partition coefficient (Wildman–Crippen LogP) is 3.41. The molecule has 0 heterocycles. The van der Waals surface area contributed by atoms with Crippen LogP contribution in [0.5, 0.6) is 5.75 Å². The normalized spacial score (nSPS) is 9.85. The first kappa shape index (κ1) is 13.9. The SMILES string of the molecule is CCc1ccccc1OCNC(=O)Nc1ccccc1. The lowest BCUT2D eigenvalue weighted by Gasteiger charge is -2.11. The van der Waals surface area contributed by atoms with Crippen molar-refractivity contribution < 1.29 is 9.53 Å². The van der Waals surface area contributed by atoms with Gasteiger partial charge in [-0.1, -0.05) is 43.3 Å². The molecule has 0 aromatic heterocycles. The van der Waals surface area contributed by atoms with E-state index in [1.807, 2.05) is 54.6 Å². The second kappa shape index (κ2) is 7.19. The molecular weight excluding hydrogens is 252 g/mol. The number of anilines is 1. The summed E-state index contributed by atoms with van der Waals surface area (Å²) in [5.41, 5.74) is 1.87. The van der Waals surface area contributed by atoms with Gasteiger partial charge in [0.15, 0.2) is 6.73 Å². The van der Waals surface area contributed by atoms with Crippen LogP contribution in [0.3, 0.4) is 0 Å². The molecule has 2 rings (SSSR count). The Kier molecular flexibility index (Phi) is 5.00. The lowest BCUT2D eigenvalue weighted by Crippen LogP contribution is -2.32. The van der Waals surface area contributed by atoms with Crippen LogP contribution < -0.4 is 15.4 Å². The van der Waals surface area contributed by atoms with Gasteiger partial charge < -0.3 is 15.4 Å². The predicted molar refractivity (Wildman–Crippen MR) is 79.9 cm³/mol. The molecule has 2 N–H and O–H groups in total. The van der Waals surface area contributed by atoms with E-state index in [1.54, 1.807) is 0 Å². The van der Waals surface area contributed by atoms with Crippen LogP contribution >= 0.6 is 0 Å². The van der Waals surface area contributed by atoms with Gasteiger partial charge in [-0.25, -0.2) is 4.79 Å². The zero-order valence-electron chi connectivity index (χ0n) is 11.4. The number of ether oxygens (including phenoxy) is 1. The minimum absolute atomic E-state index is 0.135. The molecule has 0 bridgehead atoms. The molecule has 2 aromatic carbocycles. The third-order valence-electron chi connectivity index (χ3n) is 2.85. The number of urea groups is 1. The van der Waals surface area contributed by atoms with Crippen LogP contribution in [0.25, 0.3) is 0 Å². The Morgan fingerprint density at radius 1 is 1.05 bits per heavy atom. The summed E-state index contributed by atoms with van der Waals surface area (Å²) in [6.45, 7) is 2.20. The van der Waals surface area contributed by atoms with Gasteiger partial charge in [0.1, 0.15) is 5.75 Å². The maximum absolute atomic E-state index is 11.7. The topological polar surface area (TPSA) is 50.4 Å². The maximum Gasteiger partial charge on any atom is 0.321 e. The van der Waals surface area contributed by atoms with Crippen molar-refractivity contribution >= 4 is 11.7 Å². The van der Waals surface area contributed by atoms with Gasteiger partial charge >= 0.3 is 6.03 Å². The van der Waals surface area contributed by atoms with E-state index in [1.165, 1.54) is 0 Å². The van der Waals surface area contributed by atoms with Crippen LogP contribution in [0, 0.1) is 0 Å². The van der Waals surface area contributed by atoms with Gasteiger partial charge in [0.05, 0.1) is 0 Å². The number of benzene rings is 2. The summed E-state index contributed by atoms with van der Waals surface area (Å²) in [4.78, 5) is 11.7. The van der Waals surface area contributed by atoms with Crippen LogP contribution in [0.15, 0.2) is 54.6 Å². The zero-order chi connectivity index (χ0) is 14.2. The molecule has 0 atom stereocenters. The highest BCUT2D eigenvalue weighted by Gasteiger charge is 2.03.